The van der Waals surface area contributed by atoms with Gasteiger partial charge in [0, 0.05) is 16.9 Å². The summed E-state index contributed by atoms with van der Waals surface area (Å²) in [4.78, 5) is 3.35. The summed E-state index contributed by atoms with van der Waals surface area (Å²) < 4.78 is 43.7. The number of nitrogens with one attached hydrogen (secondary N) is 1. The van der Waals surface area contributed by atoms with Crippen molar-refractivity contribution in [3.8, 4) is 34.6 Å². The lowest BCUT2D eigenvalue weighted by atomic mass is 10.1. The van der Waals surface area contributed by atoms with E-state index in [0.29, 0.717) is 33.9 Å². The number of hydrogen-bond donors (Lipinski definition) is 2. The van der Waals surface area contributed by atoms with Crippen molar-refractivity contribution in [2.75, 3.05) is 5.32 Å². The van der Waals surface area contributed by atoms with E-state index in [-0.39, 0.29) is 11.6 Å². The van der Waals surface area contributed by atoms with Crippen molar-refractivity contribution in [2.45, 2.75) is 6.36 Å². The first-order valence-electron chi connectivity index (χ1n) is 9.83. The summed E-state index contributed by atoms with van der Waals surface area (Å²) in [5.41, 5.74) is 2.99. The van der Waals surface area contributed by atoms with Crippen LogP contribution in [0.3, 0.4) is 0 Å². The van der Waals surface area contributed by atoms with Crippen LogP contribution in [-0.4, -0.2) is 16.0 Å². The zero-order valence-electron chi connectivity index (χ0n) is 17.3. The van der Waals surface area contributed by atoms with E-state index in [9.17, 15) is 18.3 Å². The molecule has 0 aliphatic heterocycles. The zero-order valence-corrected chi connectivity index (χ0v) is 17.3. The lowest BCUT2D eigenvalue weighted by Gasteiger charge is -2.13. The minimum atomic E-state index is -4.85. The minimum Gasteiger partial charge on any atom is -0.493 e. The topological polar surface area (TPSA) is 74.6 Å². The number of rotatable bonds is 5. The molecule has 0 bridgehead atoms. The molecule has 0 aliphatic carbocycles. The zero-order chi connectivity index (χ0) is 24.3. The molecule has 0 radical (unpaired) electrons. The molecule has 3 aromatic carbocycles. The fraction of sp³-hybridized carbons (Fsp3) is 0.0400. The Bertz CT molecular complexity index is 1410. The molecule has 34 heavy (non-hydrogen) atoms. The second-order valence-electron chi connectivity index (χ2n) is 7.12. The highest BCUT2D eigenvalue weighted by Crippen LogP contribution is 2.40. The lowest BCUT2D eigenvalue weighted by Crippen LogP contribution is -2.17. The average Bonchev–Trinajstić information content (AvgIpc) is 3.14. The predicted molar refractivity (Wildman–Crippen MR) is 120 cm³/mol. The maximum Gasteiger partial charge on any atom is 0.573 e. The number of benzene rings is 3. The van der Waals surface area contributed by atoms with E-state index in [1.807, 2.05) is 6.07 Å². The number of halogens is 3. The molecule has 6 nitrogen and oxygen atoms in total. The van der Waals surface area contributed by atoms with Crippen LogP contribution >= 0.6 is 0 Å². The smallest absolute Gasteiger partial charge is 0.493 e. The second kappa shape index (κ2) is 8.93. The molecule has 2 N–H and O–H groups in total. The van der Waals surface area contributed by atoms with Crippen LogP contribution in [0.4, 0.5) is 30.2 Å². The van der Waals surface area contributed by atoms with Crippen LogP contribution in [-0.2, 0) is 0 Å². The van der Waals surface area contributed by atoms with Gasteiger partial charge in [0.2, 0.25) is 5.88 Å². The average molecular weight is 460 g/mol. The van der Waals surface area contributed by atoms with Gasteiger partial charge < -0.3 is 15.2 Å². The van der Waals surface area contributed by atoms with Gasteiger partial charge in [-0.2, -0.15) is 5.26 Å². The first kappa shape index (κ1) is 22.3. The fourth-order valence-electron chi connectivity index (χ4n) is 3.38. The Morgan fingerprint density at radius 1 is 1.00 bits per heavy atom. The highest BCUT2D eigenvalue weighted by molar-refractivity contribution is 5.77. The number of nitriles is 1. The number of hydrogen-bond acceptors (Lipinski definition) is 4. The molecule has 0 aliphatic rings. The Balaban J connectivity index is 1.82. The first-order chi connectivity index (χ1) is 16.3. The quantitative estimate of drug-likeness (QED) is 0.317. The molecule has 0 amide bonds. The van der Waals surface area contributed by atoms with Crippen molar-refractivity contribution in [1.82, 2.24) is 4.57 Å². The van der Waals surface area contributed by atoms with Crippen LogP contribution < -0.4 is 10.1 Å². The van der Waals surface area contributed by atoms with E-state index in [1.54, 1.807) is 60.7 Å². The van der Waals surface area contributed by atoms with Crippen LogP contribution in [0, 0.1) is 17.9 Å². The second-order valence-corrected chi connectivity index (χ2v) is 7.12. The largest absolute Gasteiger partial charge is 0.573 e. The first-order valence-corrected chi connectivity index (χ1v) is 9.83. The summed E-state index contributed by atoms with van der Waals surface area (Å²) in [5, 5.41) is 23.1. The molecule has 0 fully saturated rings. The van der Waals surface area contributed by atoms with E-state index >= 15 is 0 Å². The van der Waals surface area contributed by atoms with E-state index < -0.39 is 12.1 Å². The van der Waals surface area contributed by atoms with Gasteiger partial charge in [-0.05, 0) is 54.6 Å². The van der Waals surface area contributed by atoms with Crippen molar-refractivity contribution in [2.24, 2.45) is 0 Å². The van der Waals surface area contributed by atoms with E-state index in [4.69, 9.17) is 11.8 Å². The Hall–Kier alpha value is -4.89. The van der Waals surface area contributed by atoms with Gasteiger partial charge in [-0.3, -0.25) is 4.57 Å². The van der Waals surface area contributed by atoms with E-state index in [2.05, 4.69) is 14.9 Å². The molecule has 0 spiro atoms. The summed E-state index contributed by atoms with van der Waals surface area (Å²) in [7, 11) is 0. The lowest BCUT2D eigenvalue weighted by molar-refractivity contribution is -0.274. The van der Waals surface area contributed by atoms with Gasteiger partial charge in [0.15, 0.2) is 5.69 Å². The Kier molecular flexibility index (Phi) is 5.86. The van der Waals surface area contributed by atoms with E-state index in [1.165, 1.54) is 22.8 Å². The third-order valence-corrected chi connectivity index (χ3v) is 4.87. The van der Waals surface area contributed by atoms with Gasteiger partial charge >= 0.3 is 6.36 Å². The summed E-state index contributed by atoms with van der Waals surface area (Å²) in [6.45, 7) is 7.12. The number of aromatic nitrogens is 1. The van der Waals surface area contributed by atoms with Crippen molar-refractivity contribution in [3.05, 3.63) is 95.8 Å². The van der Waals surface area contributed by atoms with Crippen molar-refractivity contribution in [1.29, 1.82) is 5.26 Å². The summed E-state index contributed by atoms with van der Waals surface area (Å²) >= 11 is 0. The van der Waals surface area contributed by atoms with Gasteiger partial charge in [-0.25, -0.2) is 4.85 Å². The van der Waals surface area contributed by atoms with Gasteiger partial charge in [-0.1, -0.05) is 24.3 Å². The molecule has 0 unspecified atom stereocenters. The van der Waals surface area contributed by atoms with Crippen molar-refractivity contribution < 1.29 is 23.0 Å². The van der Waals surface area contributed by atoms with E-state index in [0.717, 1.165) is 0 Å². The molecule has 1 aromatic heterocycles. The SMILES string of the molecule is [C-]#[N+]c1ccc(-n2c(-c3cccc(OC(F)(F)F)c3)cc(Nc3ccc(C#N)cc3)c2O)cc1. The minimum absolute atomic E-state index is 0.197. The standard InChI is InChI=1S/C25H15F3N4O2/c1-30-18-9-11-20(12-10-18)32-23(17-3-2-4-21(13-17)34-25(26,27)28)14-22(24(32)33)31-19-7-5-16(15-29)6-8-19/h2-14,31,33H. The molecule has 9 heteroatoms. The molecule has 4 rings (SSSR count). The van der Waals surface area contributed by atoms with Crippen LogP contribution in [0.5, 0.6) is 11.6 Å². The number of nitrogens with zero attached hydrogens (tertiary/aromatic N) is 3. The highest BCUT2D eigenvalue weighted by atomic mass is 19.4. The molecule has 0 saturated carbocycles. The number of alkyl halides is 3. The van der Waals surface area contributed by atoms with Gasteiger partial charge in [-0.15, -0.1) is 13.2 Å². The third kappa shape index (κ3) is 4.79. The molecule has 1 heterocycles. The summed E-state index contributed by atoms with van der Waals surface area (Å²) in [6, 6.07) is 22.0. The normalized spacial score (nSPS) is 10.9. The number of aromatic hydroxyl groups is 1. The Morgan fingerprint density at radius 2 is 1.71 bits per heavy atom. The highest BCUT2D eigenvalue weighted by Gasteiger charge is 2.31. The molecule has 4 aromatic rings. The molecule has 0 saturated heterocycles. The van der Waals surface area contributed by atoms with Crippen molar-refractivity contribution in [3.63, 3.8) is 0 Å². The van der Waals surface area contributed by atoms with Crippen LogP contribution in [0.15, 0.2) is 78.9 Å². The Labute approximate surface area is 192 Å². The van der Waals surface area contributed by atoms with Gasteiger partial charge in [0.1, 0.15) is 11.4 Å². The van der Waals surface area contributed by atoms with Crippen LogP contribution in [0.25, 0.3) is 21.8 Å². The fourth-order valence-corrected chi connectivity index (χ4v) is 3.38. The molecule has 168 valence electrons. The molecular formula is C25H15F3N4O2. The number of anilines is 2. The van der Waals surface area contributed by atoms with Gasteiger partial charge in [0.25, 0.3) is 0 Å². The van der Waals surface area contributed by atoms with Crippen molar-refractivity contribution >= 4 is 17.1 Å². The predicted octanol–water partition coefficient (Wildman–Crippen LogP) is 6.91. The summed E-state index contributed by atoms with van der Waals surface area (Å²) in [5.74, 6) is -0.598. The maximum absolute atomic E-state index is 12.7. The monoisotopic (exact) mass is 460 g/mol. The molecular weight excluding hydrogens is 445 g/mol. The maximum atomic E-state index is 12.7. The van der Waals surface area contributed by atoms with Gasteiger partial charge in [0.05, 0.1) is 23.9 Å². The van der Waals surface area contributed by atoms with Crippen LogP contribution in [0.1, 0.15) is 5.56 Å². The third-order valence-electron chi connectivity index (χ3n) is 4.87. The summed E-state index contributed by atoms with van der Waals surface area (Å²) in [6.07, 6.45) is -4.85. The van der Waals surface area contributed by atoms with Crippen LogP contribution in [0.2, 0.25) is 0 Å². The number of ether oxygens (including phenoxy) is 1. The Morgan fingerprint density at radius 3 is 2.32 bits per heavy atom. The molecule has 0 atom stereocenters.